The highest BCUT2D eigenvalue weighted by Gasteiger charge is 2.32. The van der Waals surface area contributed by atoms with Gasteiger partial charge < -0.3 is 9.84 Å². The molecule has 0 spiro atoms. The second-order valence-electron chi connectivity index (χ2n) is 6.60. The molecule has 6 heteroatoms. The fourth-order valence-corrected chi connectivity index (χ4v) is 3.79. The van der Waals surface area contributed by atoms with Crippen LogP contribution in [0.1, 0.15) is 30.1 Å². The van der Waals surface area contributed by atoms with Gasteiger partial charge in [0.2, 0.25) is 0 Å². The van der Waals surface area contributed by atoms with Crippen LogP contribution in [-0.2, 0) is 11.2 Å². The first kappa shape index (κ1) is 18.7. The van der Waals surface area contributed by atoms with Crippen LogP contribution in [0.3, 0.4) is 0 Å². The Morgan fingerprint density at radius 1 is 1.42 bits per heavy atom. The molecule has 0 aliphatic carbocycles. The van der Waals surface area contributed by atoms with Crippen LogP contribution < -0.4 is 4.74 Å². The van der Waals surface area contributed by atoms with Crippen LogP contribution in [0.5, 0.6) is 5.75 Å². The fourth-order valence-electron chi connectivity index (χ4n) is 3.61. The van der Waals surface area contributed by atoms with E-state index in [0.717, 1.165) is 36.4 Å². The van der Waals surface area contributed by atoms with Crippen molar-refractivity contribution in [3.8, 4) is 5.75 Å². The molecule has 0 radical (unpaired) electrons. The summed E-state index contributed by atoms with van der Waals surface area (Å²) in [6.07, 6.45) is 4.02. The lowest BCUT2D eigenvalue weighted by atomic mass is 9.92. The van der Waals surface area contributed by atoms with E-state index in [1.165, 1.54) is 0 Å². The maximum absolute atomic E-state index is 11.5. The number of carboxylic acid groups (broad SMARTS) is 1. The molecule has 2 aromatic rings. The van der Waals surface area contributed by atoms with E-state index < -0.39 is 5.97 Å². The second kappa shape index (κ2) is 8.52. The van der Waals surface area contributed by atoms with Crippen LogP contribution in [-0.4, -0.2) is 41.2 Å². The Hall–Kier alpha value is -2.11. The van der Waals surface area contributed by atoms with Crippen LogP contribution in [0, 0.1) is 5.92 Å². The van der Waals surface area contributed by atoms with Gasteiger partial charge in [0, 0.05) is 41.5 Å². The van der Waals surface area contributed by atoms with Gasteiger partial charge in [-0.15, -0.1) is 0 Å². The standard InChI is InChI=1S/C20H23ClN2O3/c1-26-19-8-7-15(21)11-17(19)18(12-16-6-2-3-9-22-16)23-10-4-5-14(13-23)20(24)25/h2-3,6-9,11,14,18H,4-5,10,12-13H2,1H3,(H,24,25). The lowest BCUT2D eigenvalue weighted by Crippen LogP contribution is -2.41. The molecule has 0 saturated carbocycles. The highest BCUT2D eigenvalue weighted by atomic mass is 35.5. The third kappa shape index (κ3) is 4.34. The van der Waals surface area contributed by atoms with Crippen molar-refractivity contribution in [1.29, 1.82) is 0 Å². The van der Waals surface area contributed by atoms with Gasteiger partial charge in [-0.2, -0.15) is 0 Å². The minimum Gasteiger partial charge on any atom is -0.496 e. The molecule has 1 N–H and O–H groups in total. The number of methoxy groups -OCH3 is 1. The molecule has 26 heavy (non-hydrogen) atoms. The summed E-state index contributed by atoms with van der Waals surface area (Å²) in [6, 6.07) is 11.4. The molecule has 0 bridgehead atoms. The average Bonchev–Trinajstić information content (AvgIpc) is 2.67. The predicted molar refractivity (Wildman–Crippen MR) is 101 cm³/mol. The Kier molecular flexibility index (Phi) is 6.12. The average molecular weight is 375 g/mol. The Labute approximate surface area is 158 Å². The van der Waals surface area contributed by atoms with Gasteiger partial charge in [-0.1, -0.05) is 17.7 Å². The lowest BCUT2D eigenvalue weighted by molar-refractivity contribution is -0.144. The van der Waals surface area contributed by atoms with Crippen molar-refractivity contribution in [2.45, 2.75) is 25.3 Å². The van der Waals surface area contributed by atoms with E-state index in [1.807, 2.05) is 30.3 Å². The maximum Gasteiger partial charge on any atom is 0.307 e. The molecule has 2 atom stereocenters. The summed E-state index contributed by atoms with van der Waals surface area (Å²) in [5, 5.41) is 10.1. The smallest absolute Gasteiger partial charge is 0.307 e. The monoisotopic (exact) mass is 374 g/mol. The Balaban J connectivity index is 1.96. The maximum atomic E-state index is 11.5. The van der Waals surface area contributed by atoms with E-state index in [9.17, 15) is 9.90 Å². The summed E-state index contributed by atoms with van der Waals surface area (Å²) in [5.41, 5.74) is 1.92. The number of aromatic nitrogens is 1. The van der Waals surface area contributed by atoms with E-state index in [2.05, 4.69) is 9.88 Å². The highest BCUT2D eigenvalue weighted by Crippen LogP contribution is 2.36. The van der Waals surface area contributed by atoms with Crippen LogP contribution in [0.4, 0.5) is 0 Å². The number of piperidine rings is 1. The van der Waals surface area contributed by atoms with Crippen LogP contribution in [0.15, 0.2) is 42.6 Å². The Morgan fingerprint density at radius 3 is 2.96 bits per heavy atom. The van der Waals surface area contributed by atoms with Crippen LogP contribution in [0.25, 0.3) is 0 Å². The third-order valence-corrected chi connectivity index (χ3v) is 5.16. The summed E-state index contributed by atoms with van der Waals surface area (Å²) >= 11 is 6.26. The first-order valence-electron chi connectivity index (χ1n) is 8.78. The number of aliphatic carboxylic acids is 1. The van der Waals surface area contributed by atoms with E-state index in [0.29, 0.717) is 18.0 Å². The molecular formula is C20H23ClN2O3. The number of benzene rings is 1. The molecule has 1 aromatic carbocycles. The molecule has 1 aliphatic rings. The largest absolute Gasteiger partial charge is 0.496 e. The number of likely N-dealkylation sites (tertiary alicyclic amines) is 1. The predicted octanol–water partition coefficient (Wildman–Crippen LogP) is 3.82. The summed E-state index contributed by atoms with van der Waals surface area (Å²) in [7, 11) is 1.64. The molecule has 3 rings (SSSR count). The summed E-state index contributed by atoms with van der Waals surface area (Å²) in [5.74, 6) is -0.322. The second-order valence-corrected chi connectivity index (χ2v) is 7.04. The number of pyridine rings is 1. The topological polar surface area (TPSA) is 62.7 Å². The zero-order valence-corrected chi connectivity index (χ0v) is 15.5. The first-order chi connectivity index (χ1) is 12.6. The van der Waals surface area contributed by atoms with Crippen LogP contribution >= 0.6 is 11.6 Å². The Bertz CT molecular complexity index is 754. The number of ether oxygens (including phenoxy) is 1. The number of hydrogen-bond donors (Lipinski definition) is 1. The molecule has 1 aliphatic heterocycles. The van der Waals surface area contributed by atoms with Crippen molar-refractivity contribution >= 4 is 17.6 Å². The third-order valence-electron chi connectivity index (χ3n) is 4.92. The van der Waals surface area contributed by atoms with E-state index in [-0.39, 0.29) is 12.0 Å². The van der Waals surface area contributed by atoms with Gasteiger partial charge in [-0.05, 0) is 49.7 Å². The molecule has 2 unspecified atom stereocenters. The van der Waals surface area contributed by atoms with Gasteiger partial charge in [-0.25, -0.2) is 0 Å². The van der Waals surface area contributed by atoms with Gasteiger partial charge in [0.1, 0.15) is 5.75 Å². The molecule has 1 saturated heterocycles. The molecule has 138 valence electrons. The van der Waals surface area contributed by atoms with Crippen molar-refractivity contribution in [2.75, 3.05) is 20.2 Å². The zero-order valence-electron chi connectivity index (χ0n) is 14.8. The van der Waals surface area contributed by atoms with E-state index >= 15 is 0 Å². The van der Waals surface area contributed by atoms with Crippen molar-refractivity contribution in [1.82, 2.24) is 9.88 Å². The van der Waals surface area contributed by atoms with Gasteiger partial charge in [-0.3, -0.25) is 14.7 Å². The SMILES string of the molecule is COc1ccc(Cl)cc1C(Cc1ccccn1)N1CCCC(C(=O)O)C1. The van der Waals surface area contributed by atoms with E-state index in [1.54, 1.807) is 19.4 Å². The molecule has 1 fully saturated rings. The number of rotatable bonds is 6. The number of carbonyl (C=O) groups is 1. The van der Waals surface area contributed by atoms with E-state index in [4.69, 9.17) is 16.3 Å². The zero-order chi connectivity index (χ0) is 18.5. The quantitative estimate of drug-likeness (QED) is 0.832. The molecular weight excluding hydrogens is 352 g/mol. The molecule has 1 aromatic heterocycles. The Morgan fingerprint density at radius 2 is 2.27 bits per heavy atom. The highest BCUT2D eigenvalue weighted by molar-refractivity contribution is 6.30. The van der Waals surface area contributed by atoms with Crippen molar-refractivity contribution in [3.05, 3.63) is 58.9 Å². The number of hydrogen-bond acceptors (Lipinski definition) is 4. The van der Waals surface area contributed by atoms with Gasteiger partial charge in [0.25, 0.3) is 0 Å². The van der Waals surface area contributed by atoms with Gasteiger partial charge >= 0.3 is 5.97 Å². The lowest BCUT2D eigenvalue weighted by Gasteiger charge is -2.37. The van der Waals surface area contributed by atoms with Crippen molar-refractivity contribution in [2.24, 2.45) is 5.92 Å². The van der Waals surface area contributed by atoms with Gasteiger partial charge in [0.15, 0.2) is 0 Å². The van der Waals surface area contributed by atoms with Crippen LogP contribution in [0.2, 0.25) is 5.02 Å². The summed E-state index contributed by atoms with van der Waals surface area (Å²) in [6.45, 7) is 1.36. The fraction of sp³-hybridized carbons (Fsp3) is 0.400. The number of carboxylic acids is 1. The van der Waals surface area contributed by atoms with Crippen molar-refractivity contribution < 1.29 is 14.6 Å². The minimum atomic E-state index is -0.732. The number of nitrogens with zero attached hydrogens (tertiary/aromatic N) is 2. The number of halogens is 1. The molecule has 5 nitrogen and oxygen atoms in total. The minimum absolute atomic E-state index is 0.0410. The first-order valence-corrected chi connectivity index (χ1v) is 9.16. The molecule has 2 heterocycles. The van der Waals surface area contributed by atoms with Gasteiger partial charge in [0.05, 0.1) is 13.0 Å². The normalized spacial score (nSPS) is 19.1. The summed E-state index contributed by atoms with van der Waals surface area (Å²) < 4.78 is 5.56. The van der Waals surface area contributed by atoms with Crippen molar-refractivity contribution in [3.63, 3.8) is 0 Å². The molecule has 0 amide bonds. The summed E-state index contributed by atoms with van der Waals surface area (Å²) in [4.78, 5) is 18.2.